The summed E-state index contributed by atoms with van der Waals surface area (Å²) in [7, 11) is 1.54. The molecule has 1 aromatic rings. The van der Waals surface area contributed by atoms with Crippen molar-refractivity contribution in [2.24, 2.45) is 5.92 Å². The Balaban J connectivity index is 2.73. The van der Waals surface area contributed by atoms with Crippen LogP contribution in [0.1, 0.15) is 6.92 Å². The van der Waals surface area contributed by atoms with E-state index >= 15 is 0 Å². The van der Waals surface area contributed by atoms with Crippen LogP contribution in [0.25, 0.3) is 0 Å². The number of halogens is 1. The van der Waals surface area contributed by atoms with Gasteiger partial charge in [0.15, 0.2) is 6.10 Å². The minimum absolute atomic E-state index is 0.221. The van der Waals surface area contributed by atoms with Crippen LogP contribution < -0.4 is 4.74 Å². The Labute approximate surface area is 109 Å². The molecule has 2 unspecified atom stereocenters. The molecule has 0 amide bonds. The lowest BCUT2D eigenvalue weighted by Gasteiger charge is -2.20. The van der Waals surface area contributed by atoms with E-state index in [9.17, 15) is 4.79 Å². The molecule has 0 aliphatic carbocycles. The first-order chi connectivity index (χ1) is 8.04. The van der Waals surface area contributed by atoms with Crippen molar-refractivity contribution in [1.82, 2.24) is 0 Å². The molecular formula is C12H15BrO4. The van der Waals surface area contributed by atoms with Crippen molar-refractivity contribution in [3.63, 3.8) is 0 Å². The molecule has 1 aromatic carbocycles. The number of benzene rings is 1. The Morgan fingerprint density at radius 2 is 2.00 bits per heavy atom. The molecule has 0 radical (unpaired) electrons. The Kier molecular flexibility index (Phi) is 5.44. The molecule has 0 spiro atoms. The molecule has 5 heteroatoms. The monoisotopic (exact) mass is 302 g/mol. The molecule has 0 bridgehead atoms. The summed E-state index contributed by atoms with van der Waals surface area (Å²) >= 11 is 3.30. The van der Waals surface area contributed by atoms with Gasteiger partial charge in [-0.25, -0.2) is 4.79 Å². The van der Waals surface area contributed by atoms with Crippen LogP contribution in [-0.2, 0) is 9.53 Å². The molecule has 0 saturated heterocycles. The fraction of sp³-hybridized carbons (Fsp3) is 0.417. The lowest BCUT2D eigenvalue weighted by atomic mass is 10.1. The molecule has 1 N–H and O–H groups in total. The zero-order valence-corrected chi connectivity index (χ0v) is 11.3. The normalized spacial score (nSPS) is 14.1. The van der Waals surface area contributed by atoms with Gasteiger partial charge in [0.1, 0.15) is 5.75 Å². The zero-order chi connectivity index (χ0) is 12.8. The highest BCUT2D eigenvalue weighted by atomic mass is 79.9. The molecule has 1 rings (SSSR count). The number of aliphatic carboxylic acids is 1. The van der Waals surface area contributed by atoms with Crippen molar-refractivity contribution in [2.45, 2.75) is 13.0 Å². The summed E-state index contributed by atoms with van der Waals surface area (Å²) in [5, 5.41) is 9.10. The number of carbonyl (C=O) groups is 1. The smallest absolute Gasteiger partial charge is 0.345 e. The van der Waals surface area contributed by atoms with Gasteiger partial charge < -0.3 is 14.6 Å². The van der Waals surface area contributed by atoms with Crippen LogP contribution in [0.4, 0.5) is 0 Å². The van der Waals surface area contributed by atoms with Crippen LogP contribution in [0.15, 0.2) is 28.7 Å². The van der Waals surface area contributed by atoms with Crippen molar-refractivity contribution < 1.29 is 19.4 Å². The van der Waals surface area contributed by atoms with Gasteiger partial charge in [0.05, 0.1) is 6.61 Å². The summed E-state index contributed by atoms with van der Waals surface area (Å²) in [6.07, 6.45) is -0.906. The summed E-state index contributed by atoms with van der Waals surface area (Å²) in [6.45, 7) is 2.12. The van der Waals surface area contributed by atoms with E-state index in [-0.39, 0.29) is 5.92 Å². The third kappa shape index (κ3) is 4.36. The number of methoxy groups -OCH3 is 1. The average Bonchev–Trinajstić information content (AvgIpc) is 2.28. The van der Waals surface area contributed by atoms with Gasteiger partial charge in [-0.05, 0) is 24.3 Å². The lowest BCUT2D eigenvalue weighted by Crippen LogP contribution is -2.35. The predicted molar refractivity (Wildman–Crippen MR) is 67.2 cm³/mol. The minimum atomic E-state index is -0.988. The van der Waals surface area contributed by atoms with E-state index in [1.165, 1.54) is 7.11 Å². The van der Waals surface area contributed by atoms with Gasteiger partial charge in [-0.3, -0.25) is 0 Å². The number of carboxylic acids is 1. The Morgan fingerprint density at radius 3 is 2.47 bits per heavy atom. The van der Waals surface area contributed by atoms with E-state index in [0.717, 1.165) is 4.47 Å². The number of hydrogen-bond donors (Lipinski definition) is 1. The first-order valence-corrected chi connectivity index (χ1v) is 5.98. The lowest BCUT2D eigenvalue weighted by molar-refractivity contribution is -0.148. The number of hydrogen-bond acceptors (Lipinski definition) is 3. The van der Waals surface area contributed by atoms with Crippen LogP contribution >= 0.6 is 15.9 Å². The highest BCUT2D eigenvalue weighted by Gasteiger charge is 2.26. The van der Waals surface area contributed by atoms with Crippen molar-refractivity contribution in [2.75, 3.05) is 13.7 Å². The molecule has 0 aliphatic heterocycles. The SMILES string of the molecule is COCC(C)C(Oc1ccc(Br)cc1)C(=O)O. The summed E-state index contributed by atoms with van der Waals surface area (Å²) in [5.74, 6) is -0.679. The van der Waals surface area contributed by atoms with Crippen LogP contribution in [0.3, 0.4) is 0 Å². The number of carboxylic acid groups (broad SMARTS) is 1. The molecule has 17 heavy (non-hydrogen) atoms. The maximum Gasteiger partial charge on any atom is 0.345 e. The molecule has 0 saturated carbocycles. The van der Waals surface area contributed by atoms with E-state index in [4.69, 9.17) is 14.6 Å². The third-order valence-corrected chi connectivity index (χ3v) is 2.80. The summed E-state index contributed by atoms with van der Waals surface area (Å²) < 4.78 is 11.3. The van der Waals surface area contributed by atoms with Crippen LogP contribution in [0, 0.1) is 5.92 Å². The Bertz CT molecular complexity index is 363. The quantitative estimate of drug-likeness (QED) is 0.877. The van der Waals surface area contributed by atoms with Crippen molar-refractivity contribution >= 4 is 21.9 Å². The maximum absolute atomic E-state index is 11.1. The standard InChI is InChI=1S/C12H15BrO4/c1-8(7-16-2)11(12(14)15)17-10-5-3-9(13)4-6-10/h3-6,8,11H,7H2,1-2H3,(H,14,15). The second-order valence-corrected chi connectivity index (χ2v) is 4.68. The van der Waals surface area contributed by atoms with E-state index in [1.807, 2.05) is 0 Å². The number of rotatable bonds is 6. The van der Waals surface area contributed by atoms with Crippen LogP contribution in [-0.4, -0.2) is 30.9 Å². The largest absolute Gasteiger partial charge is 0.478 e. The van der Waals surface area contributed by atoms with E-state index in [1.54, 1.807) is 31.2 Å². The van der Waals surface area contributed by atoms with E-state index in [0.29, 0.717) is 12.4 Å². The number of ether oxygens (including phenoxy) is 2. The summed E-state index contributed by atoms with van der Waals surface area (Å²) in [5.41, 5.74) is 0. The highest BCUT2D eigenvalue weighted by molar-refractivity contribution is 9.10. The fourth-order valence-corrected chi connectivity index (χ4v) is 1.68. The second kappa shape index (κ2) is 6.61. The first-order valence-electron chi connectivity index (χ1n) is 5.18. The molecule has 94 valence electrons. The van der Waals surface area contributed by atoms with Crippen molar-refractivity contribution in [1.29, 1.82) is 0 Å². The van der Waals surface area contributed by atoms with Gasteiger partial charge in [-0.1, -0.05) is 22.9 Å². The van der Waals surface area contributed by atoms with Gasteiger partial charge >= 0.3 is 5.97 Å². The average molecular weight is 303 g/mol. The van der Waals surface area contributed by atoms with Gasteiger partial charge in [0.25, 0.3) is 0 Å². The zero-order valence-electron chi connectivity index (χ0n) is 9.72. The topological polar surface area (TPSA) is 55.8 Å². The molecule has 0 heterocycles. The van der Waals surface area contributed by atoms with Gasteiger partial charge in [0, 0.05) is 17.5 Å². The second-order valence-electron chi connectivity index (χ2n) is 3.76. The predicted octanol–water partition coefficient (Wildman–Crippen LogP) is 2.56. The Morgan fingerprint density at radius 1 is 1.41 bits per heavy atom. The van der Waals surface area contributed by atoms with Crippen molar-refractivity contribution in [3.05, 3.63) is 28.7 Å². The van der Waals surface area contributed by atoms with Gasteiger partial charge in [-0.2, -0.15) is 0 Å². The van der Waals surface area contributed by atoms with E-state index in [2.05, 4.69) is 15.9 Å². The summed E-state index contributed by atoms with van der Waals surface area (Å²) in [4.78, 5) is 11.1. The molecular weight excluding hydrogens is 288 g/mol. The Hall–Kier alpha value is -1.07. The van der Waals surface area contributed by atoms with Crippen LogP contribution in [0.5, 0.6) is 5.75 Å². The van der Waals surface area contributed by atoms with Gasteiger partial charge in [0.2, 0.25) is 0 Å². The van der Waals surface area contributed by atoms with Gasteiger partial charge in [-0.15, -0.1) is 0 Å². The highest BCUT2D eigenvalue weighted by Crippen LogP contribution is 2.19. The summed E-state index contributed by atoms with van der Waals surface area (Å²) in [6, 6.07) is 7.05. The van der Waals surface area contributed by atoms with Crippen LogP contribution in [0.2, 0.25) is 0 Å². The van der Waals surface area contributed by atoms with Crippen molar-refractivity contribution in [3.8, 4) is 5.75 Å². The maximum atomic E-state index is 11.1. The van der Waals surface area contributed by atoms with E-state index < -0.39 is 12.1 Å². The first kappa shape index (κ1) is 14.0. The third-order valence-electron chi connectivity index (χ3n) is 2.27. The molecule has 0 aromatic heterocycles. The molecule has 4 nitrogen and oxygen atoms in total. The molecule has 0 fully saturated rings. The fourth-order valence-electron chi connectivity index (χ4n) is 1.42. The minimum Gasteiger partial charge on any atom is -0.478 e. The molecule has 0 aliphatic rings. The molecule has 2 atom stereocenters.